The zero-order valence-electron chi connectivity index (χ0n) is 9.03. The van der Waals surface area contributed by atoms with Crippen LogP contribution in [0.25, 0.3) is 0 Å². The van der Waals surface area contributed by atoms with E-state index in [0.29, 0.717) is 23.7 Å². The lowest BCUT2D eigenvalue weighted by Crippen LogP contribution is -2.16. The lowest BCUT2D eigenvalue weighted by molar-refractivity contribution is 0.107. The zero-order chi connectivity index (χ0) is 12.0. The van der Waals surface area contributed by atoms with E-state index >= 15 is 0 Å². The van der Waals surface area contributed by atoms with Crippen molar-refractivity contribution in [3.8, 4) is 0 Å². The molecule has 6 nitrogen and oxygen atoms in total. The molecule has 1 amide bonds. The van der Waals surface area contributed by atoms with Gasteiger partial charge < -0.3 is 20.9 Å². The summed E-state index contributed by atoms with van der Waals surface area (Å²) in [6.45, 7) is 0.548. The van der Waals surface area contributed by atoms with Gasteiger partial charge in [0.1, 0.15) is 6.61 Å². The highest BCUT2D eigenvalue weighted by Gasteiger charge is 2.03. The number of ether oxygens (including phenoxy) is 2. The molecule has 5 N–H and O–H groups in total. The Bertz CT molecular complexity index is 348. The van der Waals surface area contributed by atoms with Crippen molar-refractivity contribution >= 4 is 23.2 Å². The van der Waals surface area contributed by atoms with Crippen molar-refractivity contribution in [2.75, 3.05) is 37.1 Å². The van der Waals surface area contributed by atoms with Crippen LogP contribution >= 0.6 is 0 Å². The molecule has 0 bridgehead atoms. The van der Waals surface area contributed by atoms with Crippen molar-refractivity contribution in [3.63, 3.8) is 0 Å². The van der Waals surface area contributed by atoms with Crippen LogP contribution in [0.2, 0.25) is 0 Å². The molecule has 0 aliphatic carbocycles. The van der Waals surface area contributed by atoms with E-state index in [1.807, 2.05) is 0 Å². The maximum absolute atomic E-state index is 11.2. The Labute approximate surface area is 93.5 Å². The summed E-state index contributed by atoms with van der Waals surface area (Å²) >= 11 is 0. The summed E-state index contributed by atoms with van der Waals surface area (Å²) in [6.07, 6.45) is -0.568. The van der Waals surface area contributed by atoms with Gasteiger partial charge in [-0.1, -0.05) is 0 Å². The van der Waals surface area contributed by atoms with Crippen LogP contribution in [0.5, 0.6) is 0 Å². The molecule has 0 spiro atoms. The highest BCUT2D eigenvalue weighted by atomic mass is 16.6. The second kappa shape index (κ2) is 5.82. The number of rotatable bonds is 4. The van der Waals surface area contributed by atoms with Gasteiger partial charge in [-0.05, 0) is 18.2 Å². The fourth-order valence-corrected chi connectivity index (χ4v) is 1.12. The minimum absolute atomic E-state index is 0.195. The summed E-state index contributed by atoms with van der Waals surface area (Å²) in [5, 5.41) is 2.51. The normalized spacial score (nSPS) is 9.81. The molecule has 0 aromatic heterocycles. The molecule has 1 aromatic rings. The highest BCUT2D eigenvalue weighted by Crippen LogP contribution is 2.17. The van der Waals surface area contributed by atoms with Crippen LogP contribution in [-0.4, -0.2) is 26.4 Å². The Morgan fingerprint density at radius 2 is 1.88 bits per heavy atom. The lowest BCUT2D eigenvalue weighted by atomic mass is 10.2. The fourth-order valence-electron chi connectivity index (χ4n) is 1.12. The fraction of sp³-hybridized carbons (Fsp3) is 0.300. The monoisotopic (exact) mass is 225 g/mol. The first-order chi connectivity index (χ1) is 7.61. The third-order valence-electron chi connectivity index (χ3n) is 1.74. The Hall–Kier alpha value is -1.95. The first kappa shape index (κ1) is 12.1. The molecule has 16 heavy (non-hydrogen) atoms. The van der Waals surface area contributed by atoms with Gasteiger partial charge in [0.2, 0.25) is 0 Å². The smallest absolute Gasteiger partial charge is 0.411 e. The summed E-state index contributed by atoms with van der Waals surface area (Å²) in [6, 6.07) is 4.78. The van der Waals surface area contributed by atoms with Crippen LogP contribution in [0.4, 0.5) is 21.9 Å². The van der Waals surface area contributed by atoms with E-state index in [-0.39, 0.29) is 6.61 Å². The van der Waals surface area contributed by atoms with E-state index in [1.165, 1.54) is 7.11 Å². The number of nitrogens with one attached hydrogen (secondary N) is 1. The van der Waals surface area contributed by atoms with Gasteiger partial charge >= 0.3 is 6.09 Å². The average molecular weight is 225 g/mol. The number of benzene rings is 1. The van der Waals surface area contributed by atoms with Gasteiger partial charge in [0.15, 0.2) is 0 Å². The summed E-state index contributed by atoms with van der Waals surface area (Å²) < 4.78 is 9.55. The maximum atomic E-state index is 11.2. The third-order valence-corrected chi connectivity index (χ3v) is 1.74. The zero-order valence-corrected chi connectivity index (χ0v) is 9.03. The molecule has 88 valence electrons. The third kappa shape index (κ3) is 4.05. The first-order valence-corrected chi connectivity index (χ1v) is 4.70. The Morgan fingerprint density at radius 3 is 2.44 bits per heavy atom. The number of amides is 1. The van der Waals surface area contributed by atoms with E-state index in [4.69, 9.17) is 20.9 Å². The molecular formula is C10H15N3O3. The topological polar surface area (TPSA) is 99.6 Å². The summed E-state index contributed by atoms with van der Waals surface area (Å²) in [7, 11) is 1.53. The summed E-state index contributed by atoms with van der Waals surface area (Å²) in [5.41, 5.74) is 12.6. The highest BCUT2D eigenvalue weighted by molar-refractivity contribution is 5.86. The number of hydrogen-bond acceptors (Lipinski definition) is 5. The second-order valence-electron chi connectivity index (χ2n) is 3.14. The van der Waals surface area contributed by atoms with Gasteiger partial charge in [-0.2, -0.15) is 0 Å². The van der Waals surface area contributed by atoms with Gasteiger partial charge in [-0.25, -0.2) is 4.79 Å². The van der Waals surface area contributed by atoms with E-state index in [9.17, 15) is 4.79 Å². The van der Waals surface area contributed by atoms with E-state index in [2.05, 4.69) is 5.32 Å². The molecular weight excluding hydrogens is 210 g/mol. The molecule has 0 saturated carbocycles. The van der Waals surface area contributed by atoms with Crippen LogP contribution in [0.15, 0.2) is 18.2 Å². The maximum Gasteiger partial charge on any atom is 0.411 e. The number of nitrogen functional groups attached to an aromatic ring is 2. The largest absolute Gasteiger partial charge is 0.447 e. The van der Waals surface area contributed by atoms with Crippen LogP contribution in [0.1, 0.15) is 0 Å². The van der Waals surface area contributed by atoms with Gasteiger partial charge in [-0.3, -0.25) is 5.32 Å². The first-order valence-electron chi connectivity index (χ1n) is 4.70. The van der Waals surface area contributed by atoms with Crippen molar-refractivity contribution in [1.29, 1.82) is 0 Å². The minimum atomic E-state index is -0.568. The van der Waals surface area contributed by atoms with Crippen LogP contribution in [0, 0.1) is 0 Å². The average Bonchev–Trinajstić information content (AvgIpc) is 2.16. The standard InChI is InChI=1S/C10H15N3O3/c1-15-2-3-16-10(14)13-9-5-7(11)4-8(12)6-9/h4-6H,2-3,11-12H2,1H3,(H,13,14). The van der Waals surface area contributed by atoms with Gasteiger partial charge in [0, 0.05) is 24.2 Å². The molecule has 0 heterocycles. The molecule has 0 aliphatic rings. The molecule has 0 fully saturated rings. The van der Waals surface area contributed by atoms with Crippen LogP contribution in [-0.2, 0) is 9.47 Å². The predicted molar refractivity (Wildman–Crippen MR) is 62.1 cm³/mol. The predicted octanol–water partition coefficient (Wildman–Crippen LogP) is 1.05. The van der Waals surface area contributed by atoms with Crippen molar-refractivity contribution in [3.05, 3.63) is 18.2 Å². The van der Waals surface area contributed by atoms with E-state index in [1.54, 1.807) is 18.2 Å². The van der Waals surface area contributed by atoms with Crippen LogP contribution < -0.4 is 16.8 Å². The Balaban J connectivity index is 2.49. The lowest BCUT2D eigenvalue weighted by Gasteiger charge is -2.07. The van der Waals surface area contributed by atoms with Crippen molar-refractivity contribution in [2.24, 2.45) is 0 Å². The summed E-state index contributed by atoms with van der Waals surface area (Å²) in [5.74, 6) is 0. The van der Waals surface area contributed by atoms with Gasteiger partial charge in [0.25, 0.3) is 0 Å². The summed E-state index contributed by atoms with van der Waals surface area (Å²) in [4.78, 5) is 11.2. The number of methoxy groups -OCH3 is 1. The number of carbonyl (C=O) groups excluding carboxylic acids is 1. The van der Waals surface area contributed by atoms with E-state index < -0.39 is 6.09 Å². The number of nitrogens with two attached hydrogens (primary N) is 2. The van der Waals surface area contributed by atoms with Crippen LogP contribution in [0.3, 0.4) is 0 Å². The number of anilines is 3. The molecule has 0 unspecified atom stereocenters. The molecule has 0 aliphatic heterocycles. The number of carbonyl (C=O) groups is 1. The van der Waals surface area contributed by atoms with Gasteiger partial charge in [-0.15, -0.1) is 0 Å². The second-order valence-corrected chi connectivity index (χ2v) is 3.14. The molecule has 6 heteroatoms. The molecule has 0 saturated heterocycles. The molecule has 0 atom stereocenters. The molecule has 1 rings (SSSR count). The molecule has 0 radical (unpaired) electrons. The number of hydrogen-bond donors (Lipinski definition) is 3. The Kier molecular flexibility index (Phi) is 4.41. The quantitative estimate of drug-likeness (QED) is 0.525. The van der Waals surface area contributed by atoms with Crippen molar-refractivity contribution in [1.82, 2.24) is 0 Å². The SMILES string of the molecule is COCCOC(=O)Nc1cc(N)cc(N)c1. The van der Waals surface area contributed by atoms with Gasteiger partial charge in [0.05, 0.1) is 6.61 Å². The minimum Gasteiger partial charge on any atom is -0.447 e. The van der Waals surface area contributed by atoms with E-state index in [0.717, 1.165) is 0 Å². The van der Waals surface area contributed by atoms with Crippen molar-refractivity contribution in [2.45, 2.75) is 0 Å². The van der Waals surface area contributed by atoms with Crippen molar-refractivity contribution < 1.29 is 14.3 Å². The molecule has 1 aromatic carbocycles. The Morgan fingerprint density at radius 1 is 1.25 bits per heavy atom.